The number of hydrogen-bond donors (Lipinski definition) is 0. The van der Waals surface area contributed by atoms with E-state index in [1.807, 2.05) is 0 Å². The molecular formula is C26H35SiZr. The molecule has 2 unspecified atom stereocenters. The molecule has 0 aliphatic heterocycles. The molecule has 0 nitrogen and oxygen atoms in total. The van der Waals surface area contributed by atoms with Gasteiger partial charge in [-0.1, -0.05) is 0 Å². The first-order valence-electron chi connectivity index (χ1n) is 10.8. The van der Waals surface area contributed by atoms with Crippen LogP contribution in [0.25, 0.3) is 12.2 Å². The molecule has 0 bridgehead atoms. The summed E-state index contributed by atoms with van der Waals surface area (Å²) in [7, 11) is 0. The van der Waals surface area contributed by atoms with Gasteiger partial charge < -0.3 is 0 Å². The van der Waals surface area contributed by atoms with Crippen LogP contribution in [0.1, 0.15) is 51.8 Å². The van der Waals surface area contributed by atoms with Crippen molar-refractivity contribution in [3.8, 4) is 0 Å². The summed E-state index contributed by atoms with van der Waals surface area (Å²) >= 11 is -3.27. The fourth-order valence-corrected chi connectivity index (χ4v) is 32.1. The van der Waals surface area contributed by atoms with E-state index in [0.29, 0.717) is 7.25 Å². The summed E-state index contributed by atoms with van der Waals surface area (Å²) in [6, 6.07) is 9.33. The molecule has 147 valence electrons. The van der Waals surface area contributed by atoms with Crippen LogP contribution in [0.3, 0.4) is 0 Å². The average Bonchev–Trinajstić information content (AvgIpc) is 3.28. The maximum atomic E-state index is 2.82. The van der Waals surface area contributed by atoms with Crippen molar-refractivity contribution in [2.45, 2.75) is 57.3 Å². The number of allylic oxidation sites excluding steroid dienone is 2. The van der Waals surface area contributed by atoms with E-state index in [1.165, 1.54) is 33.4 Å². The summed E-state index contributed by atoms with van der Waals surface area (Å²) in [6.07, 6.45) is 10.2. The van der Waals surface area contributed by atoms with Crippen molar-refractivity contribution >= 4 is 18.1 Å². The first kappa shape index (κ1) is 20.3. The van der Waals surface area contributed by atoms with Gasteiger partial charge in [0.05, 0.1) is 0 Å². The van der Waals surface area contributed by atoms with Crippen molar-refractivity contribution in [2.24, 2.45) is 0 Å². The topological polar surface area (TPSA) is 0 Å². The quantitative estimate of drug-likeness (QED) is 0.410. The summed E-state index contributed by atoms with van der Waals surface area (Å²) in [6.45, 7) is 14.5. The Bertz CT molecular complexity index is 961. The molecule has 0 saturated carbocycles. The number of aryl methyl sites for hydroxylation is 4. The minimum atomic E-state index is -3.27. The minimum absolute atomic E-state index is 0.670. The molecule has 4 rings (SSSR count). The first-order valence-corrected chi connectivity index (χ1v) is 25.7. The van der Waals surface area contributed by atoms with E-state index in [4.69, 9.17) is 0 Å². The van der Waals surface area contributed by atoms with Crippen LogP contribution in [0.4, 0.5) is 0 Å². The molecule has 0 radical (unpaired) electrons. The third-order valence-electron chi connectivity index (χ3n) is 8.76. The molecule has 2 heteroatoms. The summed E-state index contributed by atoms with van der Waals surface area (Å²) in [5.41, 5.74) is 12.3. The molecule has 0 aromatic heterocycles. The normalized spacial score (nSPS) is 21.7. The first-order chi connectivity index (χ1) is 13.1. The molecule has 2 aromatic rings. The Hall–Kier alpha value is -0.980. The van der Waals surface area contributed by atoms with Gasteiger partial charge in [-0.25, -0.2) is 0 Å². The van der Waals surface area contributed by atoms with Gasteiger partial charge in [0.15, 0.2) is 0 Å². The monoisotopic (exact) mass is 465 g/mol. The van der Waals surface area contributed by atoms with E-state index in [-0.39, 0.29) is 0 Å². The maximum absolute atomic E-state index is 3.27. The van der Waals surface area contributed by atoms with Crippen molar-refractivity contribution in [2.75, 3.05) is 0 Å². The van der Waals surface area contributed by atoms with Crippen LogP contribution < -0.4 is 0 Å². The van der Waals surface area contributed by atoms with Crippen LogP contribution in [-0.2, 0) is 17.9 Å². The van der Waals surface area contributed by atoms with Gasteiger partial charge >= 0.3 is 174 Å². The number of benzene rings is 2. The Balaban J connectivity index is 1.99. The number of rotatable bonds is 3. The molecule has 0 spiro atoms. The summed E-state index contributed by atoms with van der Waals surface area (Å²) < 4.78 is 6.97. The number of hydrogen-bond acceptors (Lipinski definition) is 0. The van der Waals surface area contributed by atoms with Crippen LogP contribution in [-0.4, -0.2) is 5.92 Å². The molecule has 0 N–H and O–H groups in total. The fourth-order valence-electron chi connectivity index (χ4n) is 5.98. The summed E-state index contributed by atoms with van der Waals surface area (Å²) in [5.74, 6) is -0.905. The third kappa shape index (κ3) is 2.56. The zero-order chi connectivity index (χ0) is 20.5. The van der Waals surface area contributed by atoms with Gasteiger partial charge in [-0.05, 0) is 0 Å². The van der Waals surface area contributed by atoms with Crippen molar-refractivity contribution in [1.29, 1.82) is 0 Å². The van der Waals surface area contributed by atoms with Gasteiger partial charge in [-0.2, -0.15) is 0 Å². The van der Waals surface area contributed by atoms with E-state index in [0.717, 1.165) is 0 Å². The third-order valence-corrected chi connectivity index (χ3v) is 55.5. The zero-order valence-electron chi connectivity index (χ0n) is 18.9. The molecule has 0 amide bonds. The van der Waals surface area contributed by atoms with Crippen molar-refractivity contribution in [1.82, 2.24) is 0 Å². The number of fused-ring (bicyclic) bond motifs is 2. The molecule has 2 aromatic carbocycles. The molecule has 0 fully saturated rings. The van der Waals surface area contributed by atoms with Crippen LogP contribution in [0, 0.1) is 27.7 Å². The van der Waals surface area contributed by atoms with Gasteiger partial charge in [-0.15, -0.1) is 0 Å². The van der Waals surface area contributed by atoms with Crippen molar-refractivity contribution in [3.63, 3.8) is 0 Å². The molecule has 28 heavy (non-hydrogen) atoms. The van der Waals surface area contributed by atoms with Gasteiger partial charge in [0.2, 0.25) is 0 Å². The second kappa shape index (κ2) is 6.51. The molecule has 0 saturated heterocycles. The van der Waals surface area contributed by atoms with E-state index < -0.39 is 23.9 Å². The van der Waals surface area contributed by atoms with Gasteiger partial charge in [0.1, 0.15) is 0 Å². The van der Waals surface area contributed by atoms with Crippen LogP contribution in [0.15, 0.2) is 36.4 Å². The summed E-state index contributed by atoms with van der Waals surface area (Å²) in [4.78, 5) is 0. The summed E-state index contributed by atoms with van der Waals surface area (Å²) in [5, 5.41) is 0. The molecule has 2 aliphatic rings. The predicted octanol–water partition coefficient (Wildman–Crippen LogP) is 7.53. The van der Waals surface area contributed by atoms with Gasteiger partial charge in [-0.3, -0.25) is 0 Å². The van der Waals surface area contributed by atoms with Gasteiger partial charge in [0, 0.05) is 0 Å². The zero-order valence-corrected chi connectivity index (χ0v) is 22.5. The van der Waals surface area contributed by atoms with Crippen molar-refractivity contribution < 1.29 is 17.9 Å². The SMILES string of the molecule is Cc1ccc(C)c2c1C=C[CH]2[Zr]([CH3])([CH3])([CH]1C=Cc2c(C)ccc(C)c21)[SiH](C)C. The average molecular weight is 467 g/mol. The van der Waals surface area contributed by atoms with Crippen LogP contribution in [0.2, 0.25) is 22.4 Å². The Morgan fingerprint density at radius 1 is 0.643 bits per heavy atom. The molecule has 2 atom stereocenters. The Morgan fingerprint density at radius 2 is 1.00 bits per heavy atom. The van der Waals surface area contributed by atoms with E-state index in [1.54, 1.807) is 11.1 Å². The van der Waals surface area contributed by atoms with Crippen molar-refractivity contribution in [3.05, 3.63) is 80.9 Å². The van der Waals surface area contributed by atoms with E-state index in [2.05, 4.69) is 98.6 Å². The Labute approximate surface area is 173 Å². The Morgan fingerprint density at radius 3 is 1.36 bits per heavy atom. The standard InChI is InChI=1S/2C11H11.C2H7Si.2CH3.Zr/c2*1-8-6-7-9(2)11-5-3-4-10(8)11;1-3-2;;;/h2*3-7H,1-2H3;3H,1-2H3;2*1H3;. The fraction of sp³-hybridized carbons (Fsp3) is 0.385. The molecule has 2 aliphatic carbocycles. The van der Waals surface area contributed by atoms with Crippen LogP contribution >= 0.6 is 0 Å². The van der Waals surface area contributed by atoms with Gasteiger partial charge in [0.25, 0.3) is 0 Å². The van der Waals surface area contributed by atoms with Crippen LogP contribution in [0.5, 0.6) is 0 Å². The second-order valence-electron chi connectivity index (χ2n) is 10.6. The molecule has 0 heterocycles. The van der Waals surface area contributed by atoms with E-state index in [9.17, 15) is 0 Å². The Kier molecular flexibility index (Phi) is 4.72. The van der Waals surface area contributed by atoms with E-state index >= 15 is 0 Å². The predicted molar refractivity (Wildman–Crippen MR) is 126 cm³/mol. The second-order valence-corrected chi connectivity index (χ2v) is 48.7. The molecular weight excluding hydrogens is 432 g/mol.